The zero-order valence-corrected chi connectivity index (χ0v) is 21.9. The van der Waals surface area contributed by atoms with E-state index in [2.05, 4.69) is 11.4 Å². The van der Waals surface area contributed by atoms with Crippen molar-refractivity contribution >= 4 is 17.7 Å². The molecule has 0 aromatic heterocycles. The third-order valence-corrected chi connectivity index (χ3v) is 7.73. The van der Waals surface area contributed by atoms with Crippen molar-refractivity contribution in [2.24, 2.45) is 17.3 Å². The SMILES string of the molecule is COc1ccccc1CN(C(=O)C(F)(F)F)[C@@H](CC(C)C)C(=O)N1C[C@]2(C[C@H]1C#N)C(=O)NC1C=CC=CC12. The minimum Gasteiger partial charge on any atom is -0.496 e. The van der Waals surface area contributed by atoms with Crippen LogP contribution in [0.3, 0.4) is 0 Å². The molecule has 1 aromatic rings. The van der Waals surface area contributed by atoms with E-state index in [1.54, 1.807) is 44.2 Å². The van der Waals surface area contributed by atoms with Crippen LogP contribution in [-0.2, 0) is 20.9 Å². The Bertz CT molecular complexity index is 1240. The molecule has 3 amide bonds. The van der Waals surface area contributed by atoms with E-state index in [-0.39, 0.29) is 48.9 Å². The normalized spacial score (nSPS) is 26.4. The molecule has 208 valence electrons. The Morgan fingerprint density at radius 2 is 1.95 bits per heavy atom. The molecule has 4 rings (SSSR count). The number of methoxy groups -OCH3 is 1. The van der Waals surface area contributed by atoms with Gasteiger partial charge in [0.1, 0.15) is 17.8 Å². The smallest absolute Gasteiger partial charge is 0.471 e. The van der Waals surface area contributed by atoms with Gasteiger partial charge >= 0.3 is 12.1 Å². The summed E-state index contributed by atoms with van der Waals surface area (Å²) in [6, 6.07) is 5.56. The largest absolute Gasteiger partial charge is 0.496 e. The molecule has 1 spiro atoms. The number of ether oxygens (including phenoxy) is 1. The summed E-state index contributed by atoms with van der Waals surface area (Å²) in [7, 11) is 1.36. The molecule has 1 aromatic carbocycles. The fraction of sp³-hybridized carbons (Fsp3) is 0.500. The predicted molar refractivity (Wildman–Crippen MR) is 135 cm³/mol. The first-order valence-electron chi connectivity index (χ1n) is 12.8. The van der Waals surface area contributed by atoms with Gasteiger partial charge in [-0.25, -0.2) is 0 Å². The zero-order chi connectivity index (χ0) is 28.5. The van der Waals surface area contributed by atoms with E-state index in [1.165, 1.54) is 18.1 Å². The first-order valence-corrected chi connectivity index (χ1v) is 12.8. The Hall–Kier alpha value is -3.81. The number of hydrogen-bond donors (Lipinski definition) is 1. The number of benzene rings is 1. The summed E-state index contributed by atoms with van der Waals surface area (Å²) in [6.45, 7) is 2.81. The second-order valence-corrected chi connectivity index (χ2v) is 10.7. The first-order chi connectivity index (χ1) is 18.4. The summed E-state index contributed by atoms with van der Waals surface area (Å²) in [5.41, 5.74) is -0.794. The van der Waals surface area contributed by atoms with Gasteiger partial charge in [0.25, 0.3) is 0 Å². The number of halogens is 3. The molecule has 1 aliphatic carbocycles. The van der Waals surface area contributed by atoms with Crippen molar-refractivity contribution in [3.8, 4) is 11.8 Å². The molecular weight excluding hydrogens is 513 g/mol. The van der Waals surface area contributed by atoms with Crippen LogP contribution in [0.25, 0.3) is 0 Å². The number of carbonyl (C=O) groups is 3. The van der Waals surface area contributed by atoms with Gasteiger partial charge in [-0.1, -0.05) is 56.4 Å². The molecule has 1 N–H and O–H groups in total. The summed E-state index contributed by atoms with van der Waals surface area (Å²) < 4.78 is 46.9. The monoisotopic (exact) mass is 544 g/mol. The fourth-order valence-corrected chi connectivity index (χ4v) is 5.91. The van der Waals surface area contributed by atoms with Crippen LogP contribution in [0.2, 0.25) is 0 Å². The number of allylic oxidation sites excluding steroid dienone is 2. The van der Waals surface area contributed by atoms with Crippen LogP contribution in [0.1, 0.15) is 32.3 Å². The Morgan fingerprint density at radius 3 is 2.59 bits per heavy atom. The molecule has 3 aliphatic rings. The number of nitriles is 1. The summed E-state index contributed by atoms with van der Waals surface area (Å²) in [5, 5.41) is 12.9. The van der Waals surface area contributed by atoms with E-state index in [0.29, 0.717) is 10.5 Å². The van der Waals surface area contributed by atoms with Gasteiger partial charge in [-0.2, -0.15) is 18.4 Å². The highest BCUT2D eigenvalue weighted by atomic mass is 19.4. The Kier molecular flexibility index (Phi) is 7.77. The maximum atomic E-state index is 14.1. The molecule has 2 saturated heterocycles. The molecular formula is C28H31F3N4O4. The standard InChI is InChI=1S/C28H31F3N4O4/c1-17(2)12-22(34(26(38)28(29,30)31)15-18-8-4-7-11-23(18)39-3)24(36)35-16-27(13-19(35)14-32)20-9-5-6-10-21(20)33-25(27)37/h4-11,17,19-22H,12-13,15-16H2,1-3H3,(H,33,37)/t19-,20?,21?,22-,27-/m0/s1. The molecule has 11 heteroatoms. The number of para-hydroxylation sites is 1. The van der Waals surface area contributed by atoms with Gasteiger partial charge in [-0.15, -0.1) is 0 Å². The Balaban J connectivity index is 1.73. The minimum absolute atomic E-state index is 0.0501. The maximum absolute atomic E-state index is 14.1. The van der Waals surface area contributed by atoms with Crippen molar-refractivity contribution in [3.63, 3.8) is 0 Å². The Morgan fingerprint density at radius 1 is 1.26 bits per heavy atom. The maximum Gasteiger partial charge on any atom is 0.471 e. The van der Waals surface area contributed by atoms with Gasteiger partial charge in [0, 0.05) is 18.0 Å². The van der Waals surface area contributed by atoms with E-state index >= 15 is 0 Å². The molecule has 2 unspecified atom stereocenters. The first kappa shape index (κ1) is 28.2. The highest BCUT2D eigenvalue weighted by Gasteiger charge is 2.61. The van der Waals surface area contributed by atoms with Crippen molar-refractivity contribution < 1.29 is 32.3 Å². The number of alkyl halides is 3. The summed E-state index contributed by atoms with van der Waals surface area (Å²) in [5.74, 6) is -3.55. The number of nitrogens with one attached hydrogen (secondary N) is 1. The predicted octanol–water partition coefficient (Wildman–Crippen LogP) is 3.35. The molecule has 2 aliphatic heterocycles. The van der Waals surface area contributed by atoms with E-state index in [1.807, 2.05) is 12.2 Å². The Labute approximate surface area is 225 Å². The molecule has 8 nitrogen and oxygen atoms in total. The zero-order valence-electron chi connectivity index (χ0n) is 21.9. The van der Waals surface area contributed by atoms with E-state index in [4.69, 9.17) is 4.74 Å². The van der Waals surface area contributed by atoms with Crippen LogP contribution in [-0.4, -0.2) is 65.5 Å². The van der Waals surface area contributed by atoms with Crippen molar-refractivity contribution in [2.45, 2.75) is 57.5 Å². The molecule has 0 radical (unpaired) electrons. The highest BCUT2D eigenvalue weighted by molar-refractivity contribution is 5.93. The fourth-order valence-electron chi connectivity index (χ4n) is 5.91. The number of likely N-dealkylation sites (tertiary alicyclic amines) is 1. The van der Waals surface area contributed by atoms with Gasteiger partial charge in [0.05, 0.1) is 31.2 Å². The topological polar surface area (TPSA) is 103 Å². The summed E-state index contributed by atoms with van der Waals surface area (Å²) >= 11 is 0. The van der Waals surface area contributed by atoms with Crippen LogP contribution in [0.15, 0.2) is 48.6 Å². The van der Waals surface area contributed by atoms with Crippen LogP contribution in [0.4, 0.5) is 13.2 Å². The van der Waals surface area contributed by atoms with Gasteiger partial charge in [-0.05, 0) is 24.8 Å². The number of hydrogen-bond acceptors (Lipinski definition) is 5. The average molecular weight is 545 g/mol. The lowest BCUT2D eigenvalue weighted by molar-refractivity contribution is -0.190. The van der Waals surface area contributed by atoms with Crippen molar-refractivity contribution in [1.29, 1.82) is 5.26 Å². The number of carbonyl (C=O) groups excluding carboxylic acids is 3. The number of rotatable bonds is 7. The molecule has 0 bridgehead atoms. The number of amides is 3. The van der Waals surface area contributed by atoms with Crippen LogP contribution in [0, 0.1) is 28.6 Å². The van der Waals surface area contributed by atoms with Crippen LogP contribution in [0.5, 0.6) is 5.75 Å². The average Bonchev–Trinajstić information content (AvgIpc) is 3.42. The number of nitrogens with zero attached hydrogens (tertiary/aromatic N) is 3. The van der Waals surface area contributed by atoms with Gasteiger partial charge in [0.15, 0.2) is 0 Å². The van der Waals surface area contributed by atoms with Crippen molar-refractivity contribution in [1.82, 2.24) is 15.1 Å². The van der Waals surface area contributed by atoms with E-state index in [0.717, 1.165) is 0 Å². The van der Waals surface area contributed by atoms with E-state index in [9.17, 15) is 32.8 Å². The molecule has 2 heterocycles. The number of fused-ring (bicyclic) bond motifs is 2. The lowest BCUT2D eigenvalue weighted by Gasteiger charge is -2.36. The lowest BCUT2D eigenvalue weighted by atomic mass is 9.72. The quantitative estimate of drug-likeness (QED) is 0.567. The molecule has 39 heavy (non-hydrogen) atoms. The second-order valence-electron chi connectivity index (χ2n) is 10.7. The van der Waals surface area contributed by atoms with Gasteiger partial charge in [-0.3, -0.25) is 14.4 Å². The van der Waals surface area contributed by atoms with Crippen LogP contribution >= 0.6 is 0 Å². The lowest BCUT2D eigenvalue weighted by Crippen LogP contribution is -2.55. The molecule has 2 fully saturated rings. The van der Waals surface area contributed by atoms with Gasteiger partial charge < -0.3 is 19.9 Å². The summed E-state index contributed by atoms with van der Waals surface area (Å²) in [6.07, 6.45) is 2.04. The third-order valence-electron chi connectivity index (χ3n) is 7.73. The van der Waals surface area contributed by atoms with Crippen molar-refractivity contribution in [3.05, 3.63) is 54.1 Å². The third kappa shape index (κ3) is 5.24. The minimum atomic E-state index is -5.24. The highest BCUT2D eigenvalue weighted by Crippen LogP contribution is 2.48. The molecule has 5 atom stereocenters. The van der Waals surface area contributed by atoms with E-state index < -0.39 is 42.0 Å². The van der Waals surface area contributed by atoms with Crippen LogP contribution < -0.4 is 10.1 Å². The van der Waals surface area contributed by atoms with Gasteiger partial charge in [0.2, 0.25) is 11.8 Å². The summed E-state index contributed by atoms with van der Waals surface area (Å²) in [4.78, 5) is 41.8. The second kappa shape index (κ2) is 10.8. The molecule has 0 saturated carbocycles. The van der Waals surface area contributed by atoms with Crippen molar-refractivity contribution in [2.75, 3.05) is 13.7 Å².